The zero-order valence-corrected chi connectivity index (χ0v) is 10.2. The van der Waals surface area contributed by atoms with E-state index in [9.17, 15) is 0 Å². The van der Waals surface area contributed by atoms with Crippen LogP contribution in [0.25, 0.3) is 0 Å². The molecule has 0 saturated carbocycles. The molecule has 3 rings (SSSR count). The zero-order chi connectivity index (χ0) is 11.0. The smallest absolute Gasteiger partial charge is 0.0373 e. The summed E-state index contributed by atoms with van der Waals surface area (Å²) in [6.07, 6.45) is 8.51. The maximum atomic E-state index is 2.72. The van der Waals surface area contributed by atoms with Crippen molar-refractivity contribution in [3.8, 4) is 0 Å². The Labute approximate surface area is 98.5 Å². The summed E-state index contributed by atoms with van der Waals surface area (Å²) in [5.74, 6) is 0. The van der Waals surface area contributed by atoms with E-state index in [1.54, 1.807) is 0 Å². The first-order chi connectivity index (χ1) is 7.84. The SMILES string of the molecule is Cc1cccc(N2C3CCCCC2CC3)c1. The molecule has 0 amide bonds. The molecule has 1 aromatic rings. The lowest BCUT2D eigenvalue weighted by Gasteiger charge is -2.30. The van der Waals surface area contributed by atoms with Crippen molar-refractivity contribution in [3.05, 3.63) is 29.8 Å². The van der Waals surface area contributed by atoms with Crippen LogP contribution in [0, 0.1) is 6.92 Å². The average Bonchev–Trinajstić information content (AvgIpc) is 2.52. The molecular formula is C15H21N. The lowest BCUT2D eigenvalue weighted by Crippen LogP contribution is -2.34. The summed E-state index contributed by atoms with van der Waals surface area (Å²) in [7, 11) is 0. The number of nitrogens with zero attached hydrogens (tertiary/aromatic N) is 1. The van der Waals surface area contributed by atoms with E-state index < -0.39 is 0 Å². The quantitative estimate of drug-likeness (QED) is 0.686. The van der Waals surface area contributed by atoms with Gasteiger partial charge < -0.3 is 4.90 Å². The van der Waals surface area contributed by atoms with Gasteiger partial charge in [-0.1, -0.05) is 25.0 Å². The first-order valence-corrected chi connectivity index (χ1v) is 6.69. The van der Waals surface area contributed by atoms with Crippen molar-refractivity contribution in [1.82, 2.24) is 0 Å². The van der Waals surface area contributed by atoms with Gasteiger partial charge in [-0.3, -0.25) is 0 Å². The van der Waals surface area contributed by atoms with Gasteiger partial charge in [0.15, 0.2) is 0 Å². The number of fused-ring (bicyclic) bond motifs is 2. The number of rotatable bonds is 1. The third-order valence-electron chi connectivity index (χ3n) is 4.24. The highest BCUT2D eigenvalue weighted by Crippen LogP contribution is 2.38. The molecular weight excluding hydrogens is 194 g/mol. The average molecular weight is 215 g/mol. The van der Waals surface area contributed by atoms with Crippen LogP contribution in [-0.4, -0.2) is 12.1 Å². The van der Waals surface area contributed by atoms with Gasteiger partial charge in [-0.25, -0.2) is 0 Å². The second kappa shape index (κ2) is 4.12. The number of hydrogen-bond acceptors (Lipinski definition) is 1. The van der Waals surface area contributed by atoms with Crippen molar-refractivity contribution in [2.75, 3.05) is 4.90 Å². The van der Waals surface area contributed by atoms with Gasteiger partial charge in [0.1, 0.15) is 0 Å². The molecule has 2 saturated heterocycles. The summed E-state index contributed by atoms with van der Waals surface area (Å²) in [6, 6.07) is 10.7. The Balaban J connectivity index is 1.93. The highest BCUT2D eigenvalue weighted by molar-refractivity contribution is 5.51. The van der Waals surface area contributed by atoms with Crippen molar-refractivity contribution in [2.24, 2.45) is 0 Å². The second-order valence-corrected chi connectivity index (χ2v) is 5.42. The fraction of sp³-hybridized carbons (Fsp3) is 0.600. The summed E-state index contributed by atoms with van der Waals surface area (Å²) < 4.78 is 0. The van der Waals surface area contributed by atoms with E-state index in [1.807, 2.05) is 0 Å². The number of anilines is 1. The Bertz CT molecular complexity index is 357. The van der Waals surface area contributed by atoms with Gasteiger partial charge in [-0.05, 0) is 50.3 Å². The molecule has 2 atom stereocenters. The zero-order valence-electron chi connectivity index (χ0n) is 10.2. The Morgan fingerprint density at radius 3 is 2.31 bits per heavy atom. The molecule has 0 aromatic heterocycles. The van der Waals surface area contributed by atoms with Crippen LogP contribution in [0.3, 0.4) is 0 Å². The highest BCUT2D eigenvalue weighted by Gasteiger charge is 2.34. The maximum absolute atomic E-state index is 2.72. The first-order valence-electron chi connectivity index (χ1n) is 6.69. The molecule has 16 heavy (non-hydrogen) atoms. The van der Waals surface area contributed by atoms with Crippen LogP contribution in [-0.2, 0) is 0 Å². The minimum atomic E-state index is 0.828. The van der Waals surface area contributed by atoms with E-state index in [2.05, 4.69) is 36.1 Å². The van der Waals surface area contributed by atoms with Gasteiger partial charge in [0.05, 0.1) is 0 Å². The summed E-state index contributed by atoms with van der Waals surface area (Å²) in [4.78, 5) is 2.72. The number of hydrogen-bond donors (Lipinski definition) is 0. The predicted octanol–water partition coefficient (Wildman–Crippen LogP) is 3.91. The molecule has 0 N–H and O–H groups in total. The molecule has 86 valence electrons. The topological polar surface area (TPSA) is 3.24 Å². The Hall–Kier alpha value is -0.980. The van der Waals surface area contributed by atoms with Crippen LogP contribution in [0.2, 0.25) is 0 Å². The first kappa shape index (κ1) is 10.2. The van der Waals surface area contributed by atoms with E-state index in [0.29, 0.717) is 0 Å². The molecule has 2 aliphatic heterocycles. The van der Waals surface area contributed by atoms with Crippen LogP contribution in [0.4, 0.5) is 5.69 Å². The maximum Gasteiger partial charge on any atom is 0.0373 e. The molecule has 2 bridgehead atoms. The van der Waals surface area contributed by atoms with E-state index in [4.69, 9.17) is 0 Å². The molecule has 0 aliphatic carbocycles. The van der Waals surface area contributed by atoms with Crippen molar-refractivity contribution in [3.63, 3.8) is 0 Å². The molecule has 2 fully saturated rings. The molecule has 2 aliphatic rings. The Morgan fingerprint density at radius 2 is 1.69 bits per heavy atom. The van der Waals surface area contributed by atoms with E-state index in [-0.39, 0.29) is 0 Å². The van der Waals surface area contributed by atoms with Crippen LogP contribution in [0.1, 0.15) is 44.1 Å². The van der Waals surface area contributed by atoms with Crippen LogP contribution >= 0.6 is 0 Å². The second-order valence-electron chi connectivity index (χ2n) is 5.42. The largest absolute Gasteiger partial charge is 0.366 e. The summed E-state index contributed by atoms with van der Waals surface area (Å²) in [5, 5.41) is 0. The van der Waals surface area contributed by atoms with Gasteiger partial charge in [0.2, 0.25) is 0 Å². The molecule has 1 aromatic carbocycles. The third kappa shape index (κ3) is 1.73. The molecule has 2 heterocycles. The molecule has 1 heteroatoms. The van der Waals surface area contributed by atoms with Gasteiger partial charge in [0, 0.05) is 17.8 Å². The summed E-state index contributed by atoms with van der Waals surface area (Å²) in [5.41, 5.74) is 2.86. The van der Waals surface area contributed by atoms with Crippen molar-refractivity contribution in [1.29, 1.82) is 0 Å². The van der Waals surface area contributed by atoms with Crippen molar-refractivity contribution < 1.29 is 0 Å². The fourth-order valence-corrected chi connectivity index (χ4v) is 3.50. The normalized spacial score (nSPS) is 29.2. The summed E-state index contributed by atoms with van der Waals surface area (Å²) >= 11 is 0. The van der Waals surface area contributed by atoms with Crippen molar-refractivity contribution in [2.45, 2.75) is 57.5 Å². The Morgan fingerprint density at radius 1 is 1.00 bits per heavy atom. The monoisotopic (exact) mass is 215 g/mol. The highest BCUT2D eigenvalue weighted by atomic mass is 15.2. The van der Waals surface area contributed by atoms with Gasteiger partial charge in [0.25, 0.3) is 0 Å². The van der Waals surface area contributed by atoms with Crippen LogP contribution in [0.5, 0.6) is 0 Å². The lowest BCUT2D eigenvalue weighted by molar-refractivity contribution is 0.556. The van der Waals surface area contributed by atoms with Gasteiger partial charge in [-0.2, -0.15) is 0 Å². The predicted molar refractivity (Wildman–Crippen MR) is 68.9 cm³/mol. The molecule has 2 unspecified atom stereocenters. The minimum absolute atomic E-state index is 0.828. The van der Waals surface area contributed by atoms with Crippen LogP contribution < -0.4 is 4.90 Å². The number of benzene rings is 1. The fourth-order valence-electron chi connectivity index (χ4n) is 3.50. The van der Waals surface area contributed by atoms with E-state index in [0.717, 1.165) is 12.1 Å². The van der Waals surface area contributed by atoms with Gasteiger partial charge in [-0.15, -0.1) is 0 Å². The third-order valence-corrected chi connectivity index (χ3v) is 4.24. The van der Waals surface area contributed by atoms with Crippen LogP contribution in [0.15, 0.2) is 24.3 Å². The molecule has 1 nitrogen and oxygen atoms in total. The minimum Gasteiger partial charge on any atom is -0.366 e. The van der Waals surface area contributed by atoms with Crippen molar-refractivity contribution >= 4 is 5.69 Å². The molecule has 0 spiro atoms. The summed E-state index contributed by atoms with van der Waals surface area (Å²) in [6.45, 7) is 2.20. The lowest BCUT2D eigenvalue weighted by atomic mass is 10.0. The Kier molecular flexibility index (Phi) is 2.62. The van der Waals surface area contributed by atoms with E-state index >= 15 is 0 Å². The standard InChI is InChI=1S/C15H21N/c1-12-5-4-8-15(11-12)16-13-6-2-3-7-14(16)10-9-13/h4-5,8,11,13-14H,2-3,6-7,9-10H2,1H3. The molecule has 0 radical (unpaired) electrons. The van der Waals surface area contributed by atoms with Gasteiger partial charge >= 0.3 is 0 Å². The number of aryl methyl sites for hydroxylation is 1. The van der Waals surface area contributed by atoms with E-state index in [1.165, 1.54) is 49.8 Å².